The molecule has 0 aromatic carbocycles. The number of imidazole rings is 1. The van der Waals surface area contributed by atoms with E-state index in [4.69, 9.17) is 26.8 Å². The van der Waals surface area contributed by atoms with Crippen molar-refractivity contribution in [1.82, 2.24) is 19.5 Å². The zero-order valence-electron chi connectivity index (χ0n) is 13.1. The Balaban J connectivity index is 1.88. The van der Waals surface area contributed by atoms with Crippen LogP contribution in [0.25, 0.3) is 11.2 Å². The van der Waals surface area contributed by atoms with Crippen molar-refractivity contribution in [3.8, 4) is 0 Å². The fourth-order valence-corrected chi connectivity index (χ4v) is 3.08. The number of carbonyl (C=O) groups excluding carboxylic acids is 2. The summed E-state index contributed by atoms with van der Waals surface area (Å²) in [5.74, 6) is -0.835. The highest BCUT2D eigenvalue weighted by atomic mass is 35.5. The van der Waals surface area contributed by atoms with Crippen LogP contribution in [0.3, 0.4) is 0 Å². The van der Waals surface area contributed by atoms with Gasteiger partial charge in [0.2, 0.25) is 5.95 Å². The summed E-state index contributed by atoms with van der Waals surface area (Å²) in [6.07, 6.45) is 1.75. The first-order chi connectivity index (χ1) is 11.4. The summed E-state index contributed by atoms with van der Waals surface area (Å²) in [6, 6.07) is -0.190. The Morgan fingerprint density at radius 1 is 1.38 bits per heavy atom. The van der Waals surface area contributed by atoms with Gasteiger partial charge in [-0.15, -0.1) is 0 Å². The summed E-state index contributed by atoms with van der Waals surface area (Å²) in [5.41, 5.74) is 6.54. The van der Waals surface area contributed by atoms with Crippen LogP contribution in [0.4, 0.5) is 5.95 Å². The third-order valence-corrected chi connectivity index (χ3v) is 4.21. The minimum atomic E-state index is -0.450. The van der Waals surface area contributed by atoms with Crippen LogP contribution in [0, 0.1) is 5.92 Å². The van der Waals surface area contributed by atoms with Gasteiger partial charge >= 0.3 is 11.9 Å². The van der Waals surface area contributed by atoms with E-state index >= 15 is 0 Å². The van der Waals surface area contributed by atoms with Gasteiger partial charge in [-0.1, -0.05) is 11.6 Å². The molecule has 24 heavy (non-hydrogen) atoms. The van der Waals surface area contributed by atoms with E-state index in [9.17, 15) is 9.59 Å². The lowest BCUT2D eigenvalue weighted by atomic mass is 9.77. The molecule has 1 aliphatic rings. The fraction of sp³-hybridized carbons (Fsp3) is 0.500. The minimum absolute atomic E-state index is 0.0362. The van der Waals surface area contributed by atoms with Crippen molar-refractivity contribution in [2.75, 3.05) is 12.3 Å². The number of aromatic nitrogens is 4. The molecule has 2 heterocycles. The van der Waals surface area contributed by atoms with Crippen molar-refractivity contribution in [2.45, 2.75) is 32.4 Å². The van der Waals surface area contributed by atoms with E-state index in [1.807, 2.05) is 0 Å². The molecule has 0 spiro atoms. The van der Waals surface area contributed by atoms with E-state index in [2.05, 4.69) is 15.0 Å². The number of nitrogen functional groups attached to an aromatic ring is 1. The predicted molar refractivity (Wildman–Crippen MR) is 84.1 cm³/mol. The van der Waals surface area contributed by atoms with Gasteiger partial charge in [0.15, 0.2) is 10.8 Å². The van der Waals surface area contributed by atoms with Gasteiger partial charge in [-0.25, -0.2) is 4.98 Å². The molecule has 1 aliphatic carbocycles. The molecular weight excluding hydrogens is 338 g/mol. The van der Waals surface area contributed by atoms with Crippen LogP contribution in [-0.4, -0.2) is 44.2 Å². The summed E-state index contributed by atoms with van der Waals surface area (Å²) in [6.45, 7) is 2.86. The number of fused-ring (bicyclic) bond motifs is 1. The molecule has 0 amide bonds. The maximum atomic E-state index is 11.4. The number of esters is 2. The van der Waals surface area contributed by atoms with E-state index in [0.717, 1.165) is 0 Å². The summed E-state index contributed by atoms with van der Waals surface area (Å²) in [5, 5.41) is 0.163. The van der Waals surface area contributed by atoms with E-state index in [1.54, 1.807) is 10.9 Å². The third kappa shape index (κ3) is 2.99. The van der Waals surface area contributed by atoms with Gasteiger partial charge in [0.1, 0.15) is 11.6 Å². The highest BCUT2D eigenvalue weighted by molar-refractivity contribution is 6.33. The van der Waals surface area contributed by atoms with Gasteiger partial charge in [0, 0.05) is 19.8 Å². The lowest BCUT2D eigenvalue weighted by Gasteiger charge is -2.43. The van der Waals surface area contributed by atoms with Crippen LogP contribution in [-0.2, 0) is 19.1 Å². The molecule has 3 rings (SSSR count). The quantitative estimate of drug-likeness (QED) is 0.640. The lowest BCUT2D eigenvalue weighted by molar-refractivity contribution is -0.168. The van der Waals surface area contributed by atoms with Crippen molar-refractivity contribution in [3.63, 3.8) is 0 Å². The fourth-order valence-electron chi connectivity index (χ4n) is 2.86. The molecule has 2 N–H and O–H groups in total. The molecule has 128 valence electrons. The Kier molecular flexibility index (Phi) is 4.27. The van der Waals surface area contributed by atoms with Crippen LogP contribution in [0.1, 0.15) is 26.3 Å². The van der Waals surface area contributed by atoms with Crippen LogP contribution in [0.15, 0.2) is 6.33 Å². The number of halogens is 1. The van der Waals surface area contributed by atoms with E-state index < -0.39 is 12.1 Å². The Morgan fingerprint density at radius 3 is 2.79 bits per heavy atom. The molecule has 0 bridgehead atoms. The predicted octanol–water partition coefficient (Wildman–Crippen LogP) is 1.12. The molecule has 2 aromatic heterocycles. The molecule has 9 nitrogen and oxygen atoms in total. The largest absolute Gasteiger partial charge is 0.465 e. The van der Waals surface area contributed by atoms with Crippen LogP contribution in [0.5, 0.6) is 0 Å². The monoisotopic (exact) mass is 353 g/mol. The Hall–Kier alpha value is -2.42. The standard InChI is InChI=1S/C14H16ClN5O4/c1-6(21)23-4-8-3-9(11(8)24-7(2)22)20-5-17-10-12(15)18-14(16)19-13(10)20/h5,8-9,11H,3-4H2,1-2H3,(H2,16,18,19)/t8-,9-,11-/m1/s1. The van der Waals surface area contributed by atoms with Crippen LogP contribution >= 0.6 is 11.6 Å². The highest BCUT2D eigenvalue weighted by Crippen LogP contribution is 2.42. The van der Waals surface area contributed by atoms with Gasteiger partial charge in [-0.05, 0) is 6.42 Å². The normalized spacial score (nSPS) is 22.9. The van der Waals surface area contributed by atoms with E-state index in [-0.39, 0.29) is 35.6 Å². The molecule has 10 heteroatoms. The molecular formula is C14H16ClN5O4. The lowest BCUT2D eigenvalue weighted by Crippen LogP contribution is -2.48. The molecule has 0 radical (unpaired) electrons. The molecule has 1 fully saturated rings. The zero-order chi connectivity index (χ0) is 17.4. The average Bonchev–Trinajstić information content (AvgIpc) is 2.87. The second-order valence-corrected chi connectivity index (χ2v) is 5.99. The first-order valence-electron chi connectivity index (χ1n) is 7.33. The highest BCUT2D eigenvalue weighted by Gasteiger charge is 2.46. The number of carbonyl (C=O) groups is 2. The Bertz CT molecular complexity index is 808. The Morgan fingerprint density at radius 2 is 2.12 bits per heavy atom. The molecule has 2 aromatic rings. The van der Waals surface area contributed by atoms with Crippen molar-refractivity contribution in [3.05, 3.63) is 11.5 Å². The van der Waals surface area contributed by atoms with E-state index in [0.29, 0.717) is 17.6 Å². The molecule has 3 atom stereocenters. The Labute approximate surface area is 142 Å². The third-order valence-electron chi connectivity index (χ3n) is 3.94. The average molecular weight is 354 g/mol. The number of rotatable bonds is 4. The van der Waals surface area contributed by atoms with Gasteiger partial charge in [-0.3, -0.25) is 9.59 Å². The zero-order valence-corrected chi connectivity index (χ0v) is 13.9. The van der Waals surface area contributed by atoms with Gasteiger partial charge in [0.25, 0.3) is 0 Å². The maximum Gasteiger partial charge on any atom is 0.302 e. The number of hydrogen-bond acceptors (Lipinski definition) is 8. The maximum absolute atomic E-state index is 11.4. The number of hydrogen-bond donors (Lipinski definition) is 1. The molecule has 0 unspecified atom stereocenters. The van der Waals surface area contributed by atoms with Crippen molar-refractivity contribution < 1.29 is 19.1 Å². The van der Waals surface area contributed by atoms with Gasteiger partial charge in [0.05, 0.1) is 19.0 Å². The number of nitrogens with zero attached hydrogens (tertiary/aromatic N) is 4. The molecule has 0 saturated heterocycles. The van der Waals surface area contributed by atoms with E-state index in [1.165, 1.54) is 13.8 Å². The summed E-state index contributed by atoms with van der Waals surface area (Å²) >= 11 is 6.03. The molecule has 1 saturated carbocycles. The van der Waals surface area contributed by atoms with Crippen LogP contribution in [0.2, 0.25) is 5.15 Å². The molecule has 0 aliphatic heterocycles. The first-order valence-corrected chi connectivity index (χ1v) is 7.70. The smallest absolute Gasteiger partial charge is 0.302 e. The van der Waals surface area contributed by atoms with Crippen LogP contribution < -0.4 is 5.73 Å². The first kappa shape index (κ1) is 16.4. The second-order valence-electron chi connectivity index (χ2n) is 5.64. The number of nitrogens with two attached hydrogens (primary N) is 1. The summed E-state index contributed by atoms with van der Waals surface area (Å²) < 4.78 is 12.2. The topological polar surface area (TPSA) is 122 Å². The summed E-state index contributed by atoms with van der Waals surface area (Å²) in [7, 11) is 0. The summed E-state index contributed by atoms with van der Waals surface area (Å²) in [4.78, 5) is 34.6. The SMILES string of the molecule is CC(=O)OC[C@H]1C[C@@H](n2cnc3c(Cl)nc(N)nc32)[C@@H]1OC(C)=O. The van der Waals surface area contributed by atoms with Gasteiger partial charge < -0.3 is 19.8 Å². The van der Waals surface area contributed by atoms with Crippen molar-refractivity contribution in [1.29, 1.82) is 0 Å². The number of ether oxygens (including phenoxy) is 2. The number of anilines is 1. The van der Waals surface area contributed by atoms with Gasteiger partial charge in [-0.2, -0.15) is 9.97 Å². The van der Waals surface area contributed by atoms with Crippen molar-refractivity contribution >= 4 is 40.7 Å². The minimum Gasteiger partial charge on any atom is -0.465 e. The van der Waals surface area contributed by atoms with Crippen molar-refractivity contribution in [2.24, 2.45) is 5.92 Å². The second kappa shape index (κ2) is 6.23.